The van der Waals surface area contributed by atoms with Gasteiger partial charge in [-0.15, -0.1) is 0 Å². The smallest absolute Gasteiger partial charge is 0.137 e. The van der Waals surface area contributed by atoms with Gasteiger partial charge in [0.25, 0.3) is 0 Å². The average molecular weight is 331 g/mol. The zero-order chi connectivity index (χ0) is 13.8. The molecule has 106 valence electrons. The van der Waals surface area contributed by atoms with Crippen molar-refractivity contribution in [3.8, 4) is 0 Å². The maximum absolute atomic E-state index is 13.5. The van der Waals surface area contributed by atoms with E-state index in [1.165, 1.54) is 6.07 Å². The van der Waals surface area contributed by atoms with E-state index in [0.717, 1.165) is 25.0 Å². The van der Waals surface area contributed by atoms with Gasteiger partial charge in [-0.1, -0.05) is 19.1 Å². The van der Waals surface area contributed by atoms with Gasteiger partial charge >= 0.3 is 0 Å². The average Bonchev–Trinajstić information content (AvgIpc) is 2.88. The predicted molar refractivity (Wildman–Crippen MR) is 77.1 cm³/mol. The van der Waals surface area contributed by atoms with Crippen molar-refractivity contribution in [2.24, 2.45) is 11.8 Å². The van der Waals surface area contributed by atoms with Crippen molar-refractivity contribution in [1.82, 2.24) is 5.43 Å². The van der Waals surface area contributed by atoms with E-state index in [4.69, 9.17) is 10.6 Å². The van der Waals surface area contributed by atoms with Crippen LogP contribution >= 0.6 is 15.9 Å². The SMILES string of the molecule is CCC1OCCC1C(Cc1cccc(F)c1Br)NN. The number of hydrazine groups is 1. The fourth-order valence-corrected chi connectivity index (χ4v) is 3.25. The third-order valence-corrected chi connectivity index (χ3v) is 4.75. The molecule has 3 nitrogen and oxygen atoms in total. The van der Waals surface area contributed by atoms with E-state index in [1.807, 2.05) is 6.07 Å². The van der Waals surface area contributed by atoms with Crippen LogP contribution in [0.5, 0.6) is 0 Å². The first kappa shape index (κ1) is 14.9. The predicted octanol–water partition coefficient (Wildman–Crippen LogP) is 2.78. The van der Waals surface area contributed by atoms with Gasteiger partial charge in [-0.2, -0.15) is 0 Å². The molecule has 3 N–H and O–H groups in total. The molecule has 0 radical (unpaired) electrons. The number of hydrogen-bond acceptors (Lipinski definition) is 3. The fraction of sp³-hybridized carbons (Fsp3) is 0.571. The van der Waals surface area contributed by atoms with E-state index in [2.05, 4.69) is 28.3 Å². The number of halogens is 2. The molecule has 1 aliphatic heterocycles. The first-order valence-electron chi connectivity index (χ1n) is 6.68. The molecule has 2 rings (SSSR count). The lowest BCUT2D eigenvalue weighted by molar-refractivity contribution is 0.0774. The Hall–Kier alpha value is -0.490. The van der Waals surface area contributed by atoms with Gasteiger partial charge in [0.05, 0.1) is 10.6 Å². The summed E-state index contributed by atoms with van der Waals surface area (Å²) in [6.07, 6.45) is 2.92. The summed E-state index contributed by atoms with van der Waals surface area (Å²) >= 11 is 3.30. The van der Waals surface area contributed by atoms with Gasteiger partial charge in [0.15, 0.2) is 0 Å². The molecule has 0 saturated carbocycles. The fourth-order valence-electron chi connectivity index (χ4n) is 2.82. The molecule has 3 unspecified atom stereocenters. The Morgan fingerprint density at radius 2 is 2.37 bits per heavy atom. The Balaban J connectivity index is 2.12. The molecule has 1 aliphatic rings. The summed E-state index contributed by atoms with van der Waals surface area (Å²) in [5, 5.41) is 0. The van der Waals surface area contributed by atoms with Gasteiger partial charge < -0.3 is 4.74 Å². The van der Waals surface area contributed by atoms with Gasteiger partial charge in [-0.25, -0.2) is 4.39 Å². The summed E-state index contributed by atoms with van der Waals surface area (Å²) in [5.74, 6) is 5.84. The highest BCUT2D eigenvalue weighted by Crippen LogP contribution is 2.30. The molecule has 1 fully saturated rings. The number of hydrogen-bond donors (Lipinski definition) is 2. The van der Waals surface area contributed by atoms with Crippen LogP contribution in [0.3, 0.4) is 0 Å². The number of benzene rings is 1. The van der Waals surface area contributed by atoms with Crippen LogP contribution in [0.4, 0.5) is 4.39 Å². The van der Waals surface area contributed by atoms with Crippen molar-refractivity contribution in [3.63, 3.8) is 0 Å². The second-order valence-corrected chi connectivity index (χ2v) is 5.75. The zero-order valence-corrected chi connectivity index (χ0v) is 12.6. The van der Waals surface area contributed by atoms with Crippen LogP contribution < -0.4 is 11.3 Å². The van der Waals surface area contributed by atoms with Crippen molar-refractivity contribution in [2.75, 3.05) is 6.61 Å². The highest BCUT2D eigenvalue weighted by molar-refractivity contribution is 9.10. The van der Waals surface area contributed by atoms with Gasteiger partial charge in [0.2, 0.25) is 0 Å². The first-order valence-corrected chi connectivity index (χ1v) is 7.47. The lowest BCUT2D eigenvalue weighted by Gasteiger charge is -2.27. The second kappa shape index (κ2) is 6.79. The molecule has 0 aliphatic carbocycles. The Labute approximate surface area is 121 Å². The Morgan fingerprint density at radius 1 is 1.58 bits per heavy atom. The molecule has 1 saturated heterocycles. The van der Waals surface area contributed by atoms with E-state index in [-0.39, 0.29) is 18.0 Å². The van der Waals surface area contributed by atoms with Crippen molar-refractivity contribution in [3.05, 3.63) is 34.1 Å². The largest absolute Gasteiger partial charge is 0.378 e. The molecular formula is C14H20BrFN2O. The molecular weight excluding hydrogens is 311 g/mol. The third-order valence-electron chi connectivity index (χ3n) is 3.87. The summed E-state index contributed by atoms with van der Waals surface area (Å²) in [6.45, 7) is 2.90. The lowest BCUT2D eigenvalue weighted by Crippen LogP contribution is -2.45. The summed E-state index contributed by atoms with van der Waals surface area (Å²) in [4.78, 5) is 0. The van der Waals surface area contributed by atoms with E-state index in [9.17, 15) is 4.39 Å². The first-order chi connectivity index (χ1) is 9.17. The van der Waals surface area contributed by atoms with E-state index < -0.39 is 0 Å². The zero-order valence-electron chi connectivity index (χ0n) is 11.0. The number of nitrogens with two attached hydrogens (primary N) is 1. The lowest BCUT2D eigenvalue weighted by atomic mass is 9.87. The molecule has 0 amide bonds. The maximum Gasteiger partial charge on any atom is 0.137 e. The van der Waals surface area contributed by atoms with Crippen LogP contribution in [0.15, 0.2) is 22.7 Å². The molecule has 0 aromatic heterocycles. The van der Waals surface area contributed by atoms with Crippen LogP contribution in [0, 0.1) is 11.7 Å². The van der Waals surface area contributed by atoms with Crippen LogP contribution in [-0.2, 0) is 11.2 Å². The summed E-state index contributed by atoms with van der Waals surface area (Å²) < 4.78 is 19.8. The van der Waals surface area contributed by atoms with Crippen molar-refractivity contribution in [2.45, 2.75) is 38.3 Å². The maximum atomic E-state index is 13.5. The minimum Gasteiger partial charge on any atom is -0.378 e. The molecule has 3 atom stereocenters. The molecule has 1 aromatic carbocycles. The van der Waals surface area contributed by atoms with Gasteiger partial charge in [0, 0.05) is 18.6 Å². The molecule has 1 heterocycles. The second-order valence-electron chi connectivity index (χ2n) is 4.96. The van der Waals surface area contributed by atoms with Gasteiger partial charge in [-0.3, -0.25) is 11.3 Å². The minimum atomic E-state index is -0.233. The minimum absolute atomic E-state index is 0.102. The molecule has 19 heavy (non-hydrogen) atoms. The normalized spacial score (nSPS) is 24.6. The standard InChI is InChI=1S/C14H20BrFN2O/c1-2-13-10(6-7-19-13)12(18-17)8-9-4-3-5-11(16)14(9)15/h3-5,10,12-13,18H,2,6-8,17H2,1H3. The Kier molecular flexibility index (Phi) is 5.33. The molecule has 0 spiro atoms. The van der Waals surface area contributed by atoms with Crippen LogP contribution in [-0.4, -0.2) is 18.8 Å². The topological polar surface area (TPSA) is 47.3 Å². The monoisotopic (exact) mass is 330 g/mol. The van der Waals surface area contributed by atoms with E-state index >= 15 is 0 Å². The number of rotatable bonds is 5. The molecule has 5 heteroatoms. The highest BCUT2D eigenvalue weighted by Gasteiger charge is 2.33. The van der Waals surface area contributed by atoms with Gasteiger partial charge in [-0.05, 0) is 46.8 Å². The summed E-state index contributed by atoms with van der Waals surface area (Å²) in [6, 6.07) is 5.21. The van der Waals surface area contributed by atoms with Crippen LogP contribution in [0.25, 0.3) is 0 Å². The summed E-state index contributed by atoms with van der Waals surface area (Å²) in [5.41, 5.74) is 3.82. The van der Waals surface area contributed by atoms with E-state index in [1.54, 1.807) is 6.07 Å². The van der Waals surface area contributed by atoms with Crippen molar-refractivity contribution < 1.29 is 9.13 Å². The van der Waals surface area contributed by atoms with Crippen molar-refractivity contribution in [1.29, 1.82) is 0 Å². The van der Waals surface area contributed by atoms with Crippen LogP contribution in [0.2, 0.25) is 0 Å². The van der Waals surface area contributed by atoms with E-state index in [0.29, 0.717) is 16.8 Å². The Bertz CT molecular complexity index is 430. The van der Waals surface area contributed by atoms with Crippen LogP contribution in [0.1, 0.15) is 25.3 Å². The van der Waals surface area contributed by atoms with Crippen molar-refractivity contribution >= 4 is 15.9 Å². The quantitative estimate of drug-likeness (QED) is 0.644. The number of nitrogens with one attached hydrogen (secondary N) is 1. The number of ether oxygens (including phenoxy) is 1. The van der Waals surface area contributed by atoms with Gasteiger partial charge in [0.1, 0.15) is 5.82 Å². The summed E-state index contributed by atoms with van der Waals surface area (Å²) in [7, 11) is 0. The Morgan fingerprint density at radius 3 is 3.05 bits per heavy atom. The third kappa shape index (κ3) is 3.34. The molecule has 0 bridgehead atoms. The molecule has 1 aromatic rings. The highest BCUT2D eigenvalue weighted by atomic mass is 79.9.